The topological polar surface area (TPSA) is 66.4 Å². The lowest BCUT2D eigenvalue weighted by Crippen LogP contribution is -2.47. The van der Waals surface area contributed by atoms with Gasteiger partial charge in [-0.25, -0.2) is 4.79 Å². The van der Waals surface area contributed by atoms with Crippen LogP contribution in [0.4, 0.5) is 0 Å². The Morgan fingerprint density at radius 1 is 1.25 bits per heavy atom. The molecule has 0 aliphatic rings. The van der Waals surface area contributed by atoms with E-state index in [1.807, 2.05) is 37.3 Å². The zero-order valence-electron chi connectivity index (χ0n) is 12.0. The molecule has 0 saturated heterocycles. The number of rotatable bonds is 7. The lowest BCUT2D eigenvalue weighted by atomic mass is 10.0. The number of amides is 1. The second-order valence-corrected chi connectivity index (χ2v) is 6.17. The molecule has 0 fully saturated rings. The van der Waals surface area contributed by atoms with Crippen LogP contribution in [0.3, 0.4) is 0 Å². The number of nitrogens with one attached hydrogen (secondary N) is 1. The SMILES string of the molecule is CCC(Sc1ccccc1)C(=O)N[C@H](C(=O)O)C(C)C. The van der Waals surface area contributed by atoms with Gasteiger partial charge in [0.25, 0.3) is 0 Å². The van der Waals surface area contributed by atoms with Crippen molar-refractivity contribution in [1.29, 1.82) is 0 Å². The van der Waals surface area contributed by atoms with E-state index in [4.69, 9.17) is 5.11 Å². The van der Waals surface area contributed by atoms with E-state index in [-0.39, 0.29) is 17.1 Å². The molecular formula is C15H21NO3S. The molecule has 0 aliphatic carbocycles. The highest BCUT2D eigenvalue weighted by atomic mass is 32.2. The van der Waals surface area contributed by atoms with Crippen LogP contribution in [0.2, 0.25) is 0 Å². The number of hydrogen-bond acceptors (Lipinski definition) is 3. The molecule has 0 heterocycles. The highest BCUT2D eigenvalue weighted by Crippen LogP contribution is 2.25. The van der Waals surface area contributed by atoms with Gasteiger partial charge in [-0.2, -0.15) is 0 Å². The third-order valence-electron chi connectivity index (χ3n) is 2.92. The van der Waals surface area contributed by atoms with E-state index in [1.165, 1.54) is 11.8 Å². The predicted molar refractivity (Wildman–Crippen MR) is 80.8 cm³/mol. The molecule has 20 heavy (non-hydrogen) atoms. The molecule has 0 spiro atoms. The van der Waals surface area contributed by atoms with Crippen LogP contribution in [0, 0.1) is 5.92 Å². The van der Waals surface area contributed by atoms with E-state index >= 15 is 0 Å². The summed E-state index contributed by atoms with van der Waals surface area (Å²) in [6.07, 6.45) is 0.649. The molecule has 2 atom stereocenters. The van der Waals surface area contributed by atoms with Gasteiger partial charge in [-0.1, -0.05) is 39.0 Å². The van der Waals surface area contributed by atoms with E-state index < -0.39 is 12.0 Å². The average molecular weight is 295 g/mol. The number of carboxylic acid groups (broad SMARTS) is 1. The fraction of sp³-hybridized carbons (Fsp3) is 0.467. The third-order valence-corrected chi connectivity index (χ3v) is 4.29. The van der Waals surface area contributed by atoms with Gasteiger partial charge in [0.15, 0.2) is 0 Å². The van der Waals surface area contributed by atoms with Gasteiger partial charge in [0.2, 0.25) is 5.91 Å². The molecule has 0 aromatic heterocycles. The molecule has 0 aliphatic heterocycles. The van der Waals surface area contributed by atoms with E-state index in [1.54, 1.807) is 13.8 Å². The molecule has 1 unspecified atom stereocenters. The zero-order chi connectivity index (χ0) is 15.1. The number of benzene rings is 1. The highest BCUT2D eigenvalue weighted by Gasteiger charge is 2.27. The fourth-order valence-corrected chi connectivity index (χ4v) is 2.73. The minimum absolute atomic E-state index is 0.143. The van der Waals surface area contributed by atoms with E-state index in [9.17, 15) is 9.59 Å². The molecule has 4 nitrogen and oxygen atoms in total. The normalized spacial score (nSPS) is 13.8. The smallest absolute Gasteiger partial charge is 0.326 e. The second kappa shape index (κ2) is 7.94. The van der Waals surface area contributed by atoms with Gasteiger partial charge in [-0.15, -0.1) is 11.8 Å². The van der Waals surface area contributed by atoms with Gasteiger partial charge in [-0.3, -0.25) is 4.79 Å². The molecule has 5 heteroatoms. The maximum absolute atomic E-state index is 12.2. The maximum atomic E-state index is 12.2. The summed E-state index contributed by atoms with van der Waals surface area (Å²) in [4.78, 5) is 24.3. The van der Waals surface area contributed by atoms with Gasteiger partial charge in [0.05, 0.1) is 5.25 Å². The molecule has 0 bridgehead atoms. The summed E-state index contributed by atoms with van der Waals surface area (Å²) in [6, 6.07) is 8.80. The fourth-order valence-electron chi connectivity index (χ4n) is 1.75. The van der Waals surface area contributed by atoms with Crippen molar-refractivity contribution in [3.05, 3.63) is 30.3 Å². The number of thioether (sulfide) groups is 1. The lowest BCUT2D eigenvalue weighted by molar-refractivity contribution is -0.143. The van der Waals surface area contributed by atoms with Gasteiger partial charge in [-0.05, 0) is 24.5 Å². The van der Waals surface area contributed by atoms with E-state index in [0.717, 1.165) is 4.90 Å². The Labute approximate surface area is 124 Å². The van der Waals surface area contributed by atoms with Crippen molar-refractivity contribution in [1.82, 2.24) is 5.32 Å². The second-order valence-electron chi connectivity index (χ2n) is 4.90. The largest absolute Gasteiger partial charge is 0.480 e. The first-order valence-electron chi connectivity index (χ1n) is 6.70. The first-order valence-corrected chi connectivity index (χ1v) is 7.58. The summed E-state index contributed by atoms with van der Waals surface area (Å²) >= 11 is 1.46. The van der Waals surface area contributed by atoms with E-state index in [0.29, 0.717) is 6.42 Å². The Morgan fingerprint density at radius 3 is 2.30 bits per heavy atom. The van der Waals surface area contributed by atoms with Gasteiger partial charge >= 0.3 is 5.97 Å². The molecule has 1 aromatic rings. The molecule has 1 amide bonds. The van der Waals surface area contributed by atoms with Crippen LogP contribution in [0.5, 0.6) is 0 Å². The Bertz CT molecular complexity index is 448. The van der Waals surface area contributed by atoms with Crippen molar-refractivity contribution in [3.8, 4) is 0 Å². The number of carbonyl (C=O) groups excluding carboxylic acids is 1. The first-order chi connectivity index (χ1) is 9.45. The standard InChI is InChI=1S/C15H21NO3S/c1-4-12(20-11-8-6-5-7-9-11)14(17)16-13(10(2)3)15(18)19/h5-10,12-13H,4H2,1-3H3,(H,16,17)(H,18,19)/t12?,13-/m0/s1. The summed E-state index contributed by atoms with van der Waals surface area (Å²) < 4.78 is 0. The maximum Gasteiger partial charge on any atom is 0.326 e. The Balaban J connectivity index is 2.69. The van der Waals surface area contributed by atoms with Crippen LogP contribution in [-0.2, 0) is 9.59 Å². The summed E-state index contributed by atoms with van der Waals surface area (Å²) in [5.74, 6) is -1.36. The molecule has 110 valence electrons. The van der Waals surface area contributed by atoms with Gasteiger partial charge in [0, 0.05) is 4.90 Å². The van der Waals surface area contributed by atoms with Crippen LogP contribution < -0.4 is 5.32 Å². The van der Waals surface area contributed by atoms with E-state index in [2.05, 4.69) is 5.32 Å². The number of aliphatic carboxylic acids is 1. The monoisotopic (exact) mass is 295 g/mol. The predicted octanol–water partition coefficient (Wildman–Crippen LogP) is 2.78. The van der Waals surface area contributed by atoms with Crippen molar-refractivity contribution >= 4 is 23.6 Å². The molecular weight excluding hydrogens is 274 g/mol. The molecule has 0 radical (unpaired) electrons. The van der Waals surface area contributed by atoms with Crippen molar-refractivity contribution < 1.29 is 14.7 Å². The number of carbonyl (C=O) groups is 2. The summed E-state index contributed by atoms with van der Waals surface area (Å²) in [5, 5.41) is 11.5. The molecule has 0 saturated carbocycles. The Hall–Kier alpha value is -1.49. The molecule has 1 rings (SSSR count). The lowest BCUT2D eigenvalue weighted by Gasteiger charge is -2.21. The summed E-state index contributed by atoms with van der Waals surface area (Å²) in [7, 11) is 0. The quantitative estimate of drug-likeness (QED) is 0.759. The van der Waals surface area contributed by atoms with Crippen molar-refractivity contribution in [2.45, 2.75) is 43.4 Å². The van der Waals surface area contributed by atoms with Crippen LogP contribution in [0.25, 0.3) is 0 Å². The van der Waals surface area contributed by atoms with Crippen LogP contribution in [0.15, 0.2) is 35.2 Å². The number of hydrogen-bond donors (Lipinski definition) is 2. The van der Waals surface area contributed by atoms with Crippen LogP contribution >= 0.6 is 11.8 Å². The van der Waals surface area contributed by atoms with Crippen LogP contribution in [0.1, 0.15) is 27.2 Å². The Kier molecular flexibility index (Phi) is 6.58. The summed E-state index contributed by atoms with van der Waals surface area (Å²) in [6.45, 7) is 5.49. The number of carboxylic acids is 1. The van der Waals surface area contributed by atoms with Gasteiger partial charge in [0.1, 0.15) is 6.04 Å². The van der Waals surface area contributed by atoms with Crippen molar-refractivity contribution in [2.75, 3.05) is 0 Å². The zero-order valence-corrected chi connectivity index (χ0v) is 12.8. The van der Waals surface area contributed by atoms with Crippen LogP contribution in [-0.4, -0.2) is 28.3 Å². The first kappa shape index (κ1) is 16.6. The third kappa shape index (κ3) is 4.89. The van der Waals surface area contributed by atoms with Gasteiger partial charge < -0.3 is 10.4 Å². The average Bonchev–Trinajstić information content (AvgIpc) is 2.42. The minimum Gasteiger partial charge on any atom is -0.480 e. The molecule has 1 aromatic carbocycles. The summed E-state index contributed by atoms with van der Waals surface area (Å²) in [5.41, 5.74) is 0. The van der Waals surface area contributed by atoms with Crippen molar-refractivity contribution in [2.24, 2.45) is 5.92 Å². The Morgan fingerprint density at radius 2 is 1.85 bits per heavy atom. The van der Waals surface area contributed by atoms with Crippen molar-refractivity contribution in [3.63, 3.8) is 0 Å². The highest BCUT2D eigenvalue weighted by molar-refractivity contribution is 8.00. The minimum atomic E-state index is -0.993. The molecule has 2 N–H and O–H groups in total.